The second kappa shape index (κ2) is 10.8. The van der Waals surface area contributed by atoms with Crippen LogP contribution in [0.2, 0.25) is 0 Å². The fourth-order valence-electron chi connectivity index (χ4n) is 4.03. The lowest BCUT2D eigenvalue weighted by Gasteiger charge is -2.14. The van der Waals surface area contributed by atoms with Crippen LogP contribution in [0.25, 0.3) is 0 Å². The highest BCUT2D eigenvalue weighted by molar-refractivity contribution is 7.90. The highest BCUT2D eigenvalue weighted by Gasteiger charge is 2.28. The molecule has 2 amide bonds. The minimum absolute atomic E-state index is 0.0625. The van der Waals surface area contributed by atoms with Gasteiger partial charge in [0.25, 0.3) is 0 Å². The lowest BCUT2D eigenvalue weighted by molar-refractivity contribution is -0.115. The number of hydrogen-bond donors (Lipinski definition) is 3. The van der Waals surface area contributed by atoms with E-state index in [1.54, 1.807) is 18.2 Å². The Morgan fingerprint density at radius 1 is 1.27 bits per heavy atom. The van der Waals surface area contributed by atoms with Crippen molar-refractivity contribution in [3.8, 4) is 0 Å². The number of aromatic amines is 1. The topological polar surface area (TPSA) is 130 Å². The van der Waals surface area contributed by atoms with E-state index in [2.05, 4.69) is 20.8 Å². The Kier molecular flexibility index (Phi) is 8.12. The van der Waals surface area contributed by atoms with Crippen LogP contribution in [-0.2, 0) is 25.8 Å². The van der Waals surface area contributed by atoms with E-state index in [4.69, 9.17) is 4.74 Å². The van der Waals surface area contributed by atoms with Crippen molar-refractivity contribution in [1.82, 2.24) is 15.5 Å². The zero-order chi connectivity index (χ0) is 24.0. The van der Waals surface area contributed by atoms with Crippen molar-refractivity contribution in [2.45, 2.75) is 62.8 Å². The van der Waals surface area contributed by atoms with Gasteiger partial charge in [-0.2, -0.15) is 5.10 Å². The van der Waals surface area contributed by atoms with E-state index in [1.807, 2.05) is 19.9 Å². The van der Waals surface area contributed by atoms with Crippen LogP contribution in [0.3, 0.4) is 0 Å². The zero-order valence-electron chi connectivity index (χ0n) is 19.3. The van der Waals surface area contributed by atoms with E-state index in [1.165, 1.54) is 6.07 Å². The predicted molar refractivity (Wildman–Crippen MR) is 125 cm³/mol. The number of H-pyrrole nitrogens is 1. The number of alkyl carbamates (subject to hydrolysis) is 1. The number of sulfone groups is 1. The molecule has 0 aliphatic heterocycles. The van der Waals surface area contributed by atoms with E-state index in [0.717, 1.165) is 37.6 Å². The van der Waals surface area contributed by atoms with Crippen LogP contribution in [0.5, 0.6) is 0 Å². The Bertz CT molecular complexity index is 1080. The van der Waals surface area contributed by atoms with Gasteiger partial charge in [-0.3, -0.25) is 9.89 Å². The summed E-state index contributed by atoms with van der Waals surface area (Å²) in [6.45, 7) is 4.32. The maximum atomic E-state index is 12.5. The molecule has 1 aromatic carbocycles. The Morgan fingerprint density at radius 2 is 2.03 bits per heavy atom. The van der Waals surface area contributed by atoms with Gasteiger partial charge in [0.05, 0.1) is 17.9 Å². The molecule has 1 heterocycles. The Morgan fingerprint density at radius 3 is 2.76 bits per heavy atom. The number of ether oxygens (including phenoxy) is 1. The zero-order valence-corrected chi connectivity index (χ0v) is 20.1. The number of aromatic nitrogens is 2. The molecule has 180 valence electrons. The Balaban J connectivity index is 1.51. The fourth-order valence-corrected chi connectivity index (χ4v) is 4.97. The lowest BCUT2D eigenvalue weighted by atomic mass is 10.0. The minimum atomic E-state index is -3.42. The maximum absolute atomic E-state index is 12.5. The van der Waals surface area contributed by atoms with Crippen LogP contribution in [0.1, 0.15) is 56.7 Å². The number of carbonyl (C=O) groups excluding carboxylic acids is 2. The fraction of sp³-hybridized carbons (Fsp3) is 0.522. The molecule has 0 saturated heterocycles. The third-order valence-corrected chi connectivity index (χ3v) is 7.19. The molecule has 1 aromatic heterocycles. The number of anilines is 1. The molecule has 33 heavy (non-hydrogen) atoms. The van der Waals surface area contributed by atoms with Gasteiger partial charge in [0, 0.05) is 30.0 Å². The first kappa shape index (κ1) is 24.8. The van der Waals surface area contributed by atoms with Crippen molar-refractivity contribution in [3.63, 3.8) is 0 Å². The average molecular weight is 477 g/mol. The maximum Gasteiger partial charge on any atom is 0.407 e. The van der Waals surface area contributed by atoms with Gasteiger partial charge in [-0.25, -0.2) is 13.2 Å². The second-order valence-electron chi connectivity index (χ2n) is 8.74. The van der Waals surface area contributed by atoms with Crippen molar-refractivity contribution < 1.29 is 22.7 Å². The first-order valence-electron chi connectivity index (χ1n) is 11.2. The van der Waals surface area contributed by atoms with Gasteiger partial charge in [0.2, 0.25) is 5.91 Å². The van der Waals surface area contributed by atoms with Gasteiger partial charge >= 0.3 is 6.09 Å². The molecular weight excluding hydrogens is 444 g/mol. The summed E-state index contributed by atoms with van der Waals surface area (Å²) in [5.74, 6) is 0.598. The average Bonchev–Trinajstić information content (AvgIpc) is 3.41. The SMILES string of the molecule is CC[C@H](C)NC(=O)OC[C@@H]1CC[C@H](c2cc(NC(=O)Cc3ccccc3S(C)(=O)=O)n[nH]2)C1. The first-order chi connectivity index (χ1) is 15.7. The molecule has 1 fully saturated rings. The van der Waals surface area contributed by atoms with Gasteiger partial charge in [-0.05, 0) is 50.2 Å². The van der Waals surface area contributed by atoms with Gasteiger partial charge in [-0.15, -0.1) is 0 Å². The van der Waals surface area contributed by atoms with Crippen LogP contribution in [0.15, 0.2) is 35.2 Å². The van der Waals surface area contributed by atoms with E-state index < -0.39 is 9.84 Å². The van der Waals surface area contributed by atoms with Crippen molar-refractivity contribution in [2.24, 2.45) is 5.92 Å². The van der Waals surface area contributed by atoms with Crippen molar-refractivity contribution in [1.29, 1.82) is 0 Å². The quantitative estimate of drug-likeness (QED) is 0.508. The van der Waals surface area contributed by atoms with Crippen LogP contribution in [0.4, 0.5) is 10.6 Å². The molecule has 3 rings (SSSR count). The molecule has 3 N–H and O–H groups in total. The van der Waals surface area contributed by atoms with Crippen LogP contribution in [0, 0.1) is 5.92 Å². The second-order valence-corrected chi connectivity index (χ2v) is 10.7. The minimum Gasteiger partial charge on any atom is -0.449 e. The molecule has 1 aliphatic carbocycles. The third-order valence-electron chi connectivity index (χ3n) is 6.00. The molecule has 10 heteroatoms. The molecule has 0 spiro atoms. The number of carbonyl (C=O) groups is 2. The van der Waals surface area contributed by atoms with Gasteiger partial charge < -0.3 is 15.4 Å². The van der Waals surface area contributed by atoms with E-state index in [9.17, 15) is 18.0 Å². The Hall–Kier alpha value is -2.88. The molecule has 0 bridgehead atoms. The molecule has 1 aliphatic rings. The van der Waals surface area contributed by atoms with Gasteiger partial charge in [0.15, 0.2) is 15.7 Å². The van der Waals surface area contributed by atoms with E-state index in [0.29, 0.717) is 18.0 Å². The molecule has 9 nitrogen and oxygen atoms in total. The lowest BCUT2D eigenvalue weighted by Crippen LogP contribution is -2.33. The molecule has 1 saturated carbocycles. The van der Waals surface area contributed by atoms with Crippen molar-refractivity contribution >= 4 is 27.7 Å². The number of benzene rings is 1. The summed E-state index contributed by atoms with van der Waals surface area (Å²) < 4.78 is 29.2. The predicted octanol–water partition coefficient (Wildman–Crippen LogP) is 3.40. The third kappa shape index (κ3) is 7.05. The standard InChI is InChI=1S/C23H32N4O5S/c1-4-15(2)24-23(29)32-14-16-9-10-17(11-16)19-13-21(27-26-19)25-22(28)12-18-7-5-6-8-20(18)33(3,30)31/h5-8,13,15-17H,4,9-12,14H2,1-3H3,(H,24,29)(H2,25,26,27,28)/t15-,16+,17-/m0/s1. The van der Waals surface area contributed by atoms with Crippen LogP contribution in [-0.4, -0.2) is 49.5 Å². The van der Waals surface area contributed by atoms with Crippen molar-refractivity contribution in [2.75, 3.05) is 18.2 Å². The number of hydrogen-bond acceptors (Lipinski definition) is 6. The number of rotatable bonds is 9. The summed E-state index contributed by atoms with van der Waals surface area (Å²) in [4.78, 5) is 24.4. The highest BCUT2D eigenvalue weighted by atomic mass is 32.2. The van der Waals surface area contributed by atoms with E-state index >= 15 is 0 Å². The number of nitrogens with zero attached hydrogens (tertiary/aromatic N) is 1. The van der Waals surface area contributed by atoms with Gasteiger partial charge in [-0.1, -0.05) is 25.1 Å². The normalized spacial score (nSPS) is 19.1. The first-order valence-corrected chi connectivity index (χ1v) is 13.1. The monoisotopic (exact) mass is 476 g/mol. The summed E-state index contributed by atoms with van der Waals surface area (Å²) in [5, 5.41) is 12.7. The van der Waals surface area contributed by atoms with Crippen molar-refractivity contribution in [3.05, 3.63) is 41.6 Å². The largest absolute Gasteiger partial charge is 0.449 e. The van der Waals surface area contributed by atoms with Gasteiger partial charge in [0.1, 0.15) is 0 Å². The molecule has 3 atom stereocenters. The van der Waals surface area contributed by atoms with Crippen LogP contribution >= 0.6 is 0 Å². The summed E-state index contributed by atoms with van der Waals surface area (Å²) in [6, 6.07) is 8.37. The highest BCUT2D eigenvalue weighted by Crippen LogP contribution is 2.38. The smallest absolute Gasteiger partial charge is 0.407 e. The molecule has 0 radical (unpaired) electrons. The molecule has 2 aromatic rings. The summed E-state index contributed by atoms with van der Waals surface area (Å²) in [6.07, 6.45) is 4.30. The number of nitrogens with one attached hydrogen (secondary N) is 3. The summed E-state index contributed by atoms with van der Waals surface area (Å²) >= 11 is 0. The molecular formula is C23H32N4O5S. The Labute approximate surface area is 194 Å². The number of amides is 2. The van der Waals surface area contributed by atoms with E-state index in [-0.39, 0.29) is 41.2 Å². The molecule has 0 unspecified atom stereocenters. The van der Waals surface area contributed by atoms with Crippen LogP contribution < -0.4 is 10.6 Å². The summed E-state index contributed by atoms with van der Waals surface area (Å²) in [7, 11) is -3.42. The summed E-state index contributed by atoms with van der Waals surface area (Å²) in [5.41, 5.74) is 1.37.